The number of likely N-dealkylation sites (tertiary alicyclic amines) is 1. The van der Waals surface area contributed by atoms with Crippen LogP contribution in [0, 0.1) is 5.92 Å². The van der Waals surface area contributed by atoms with Gasteiger partial charge in [-0.1, -0.05) is 30.3 Å². The van der Waals surface area contributed by atoms with Gasteiger partial charge in [-0.25, -0.2) is 4.98 Å². The number of piperidine rings is 1. The van der Waals surface area contributed by atoms with E-state index < -0.39 is 5.97 Å². The van der Waals surface area contributed by atoms with Crippen molar-refractivity contribution in [3.63, 3.8) is 0 Å². The highest BCUT2D eigenvalue weighted by Crippen LogP contribution is 2.22. The van der Waals surface area contributed by atoms with Crippen LogP contribution in [0.5, 0.6) is 0 Å². The van der Waals surface area contributed by atoms with Gasteiger partial charge in [0, 0.05) is 12.1 Å². The third-order valence-electron chi connectivity index (χ3n) is 3.83. The topological polar surface area (TPSA) is 66.6 Å². The number of hydrogen-bond donors (Lipinski definition) is 1. The van der Waals surface area contributed by atoms with Crippen LogP contribution >= 0.6 is 0 Å². The van der Waals surface area contributed by atoms with Crippen LogP contribution in [0.4, 0.5) is 0 Å². The normalized spacial score (nSPS) is 19.5. The van der Waals surface area contributed by atoms with Gasteiger partial charge >= 0.3 is 5.97 Å². The number of carboxylic acid groups (broad SMARTS) is 1. The number of carboxylic acids is 1. The largest absolute Gasteiger partial charge is 0.481 e. The highest BCUT2D eigenvalue weighted by atomic mass is 16.4. The molecular formula is C16H18N2O3. The summed E-state index contributed by atoms with van der Waals surface area (Å²) in [5.74, 6) is 0.400. The van der Waals surface area contributed by atoms with Crippen LogP contribution in [-0.2, 0) is 11.3 Å². The second-order valence-electron chi connectivity index (χ2n) is 5.40. The number of nitrogens with zero attached hydrogens (tertiary/aromatic N) is 2. The van der Waals surface area contributed by atoms with Crippen LogP contribution in [0.1, 0.15) is 18.7 Å². The maximum absolute atomic E-state index is 11.1. The average Bonchev–Trinajstić information content (AvgIpc) is 2.97. The number of aromatic nitrogens is 1. The van der Waals surface area contributed by atoms with E-state index in [4.69, 9.17) is 9.52 Å². The first-order valence-corrected chi connectivity index (χ1v) is 7.17. The lowest BCUT2D eigenvalue weighted by atomic mass is 9.98. The van der Waals surface area contributed by atoms with Crippen molar-refractivity contribution in [2.24, 2.45) is 5.92 Å². The summed E-state index contributed by atoms with van der Waals surface area (Å²) in [6.07, 6.45) is 3.39. The molecule has 1 atom stereocenters. The molecule has 0 spiro atoms. The first-order valence-electron chi connectivity index (χ1n) is 7.17. The summed E-state index contributed by atoms with van der Waals surface area (Å²) in [6.45, 7) is 2.03. The predicted molar refractivity (Wildman–Crippen MR) is 77.6 cm³/mol. The molecule has 1 aliphatic rings. The van der Waals surface area contributed by atoms with Crippen LogP contribution in [0.3, 0.4) is 0 Å². The van der Waals surface area contributed by atoms with Crippen LogP contribution in [-0.4, -0.2) is 34.0 Å². The average molecular weight is 286 g/mol. The van der Waals surface area contributed by atoms with E-state index in [2.05, 4.69) is 9.88 Å². The second-order valence-corrected chi connectivity index (χ2v) is 5.40. The molecule has 0 saturated carbocycles. The van der Waals surface area contributed by atoms with Crippen molar-refractivity contribution in [3.05, 3.63) is 42.4 Å². The molecule has 1 fully saturated rings. The minimum atomic E-state index is -0.711. The molecule has 1 aromatic heterocycles. The molecule has 0 aliphatic carbocycles. The Morgan fingerprint density at radius 2 is 2.19 bits per heavy atom. The number of oxazole rings is 1. The summed E-state index contributed by atoms with van der Waals surface area (Å²) in [5.41, 5.74) is 0.998. The zero-order valence-corrected chi connectivity index (χ0v) is 11.7. The Morgan fingerprint density at radius 1 is 1.38 bits per heavy atom. The van der Waals surface area contributed by atoms with Gasteiger partial charge in [0.15, 0.2) is 5.76 Å². The number of rotatable bonds is 4. The molecule has 1 N–H and O–H groups in total. The molecule has 0 radical (unpaired) electrons. The number of hydrogen-bond acceptors (Lipinski definition) is 4. The quantitative estimate of drug-likeness (QED) is 0.936. The summed E-state index contributed by atoms with van der Waals surface area (Å²) in [5, 5.41) is 9.11. The van der Waals surface area contributed by atoms with Crippen molar-refractivity contribution in [1.29, 1.82) is 0 Å². The van der Waals surface area contributed by atoms with Gasteiger partial charge in [-0.2, -0.15) is 0 Å². The Labute approximate surface area is 123 Å². The number of carbonyl (C=O) groups is 1. The van der Waals surface area contributed by atoms with Crippen LogP contribution in [0.25, 0.3) is 11.3 Å². The zero-order valence-electron chi connectivity index (χ0n) is 11.7. The molecule has 2 aromatic rings. The molecular weight excluding hydrogens is 268 g/mol. The van der Waals surface area contributed by atoms with E-state index in [0.29, 0.717) is 19.0 Å². The van der Waals surface area contributed by atoms with Gasteiger partial charge in [0.05, 0.1) is 18.7 Å². The molecule has 1 aromatic carbocycles. The van der Waals surface area contributed by atoms with E-state index in [1.54, 1.807) is 6.20 Å². The van der Waals surface area contributed by atoms with Gasteiger partial charge < -0.3 is 9.52 Å². The minimum absolute atomic E-state index is 0.276. The first kappa shape index (κ1) is 13.8. The first-order chi connectivity index (χ1) is 10.2. The van der Waals surface area contributed by atoms with Crippen LogP contribution in [0.15, 0.2) is 40.9 Å². The van der Waals surface area contributed by atoms with Crippen molar-refractivity contribution < 1.29 is 14.3 Å². The maximum atomic E-state index is 11.1. The van der Waals surface area contributed by atoms with Gasteiger partial charge in [-0.3, -0.25) is 9.69 Å². The van der Waals surface area contributed by atoms with E-state index in [-0.39, 0.29) is 5.92 Å². The fraction of sp³-hybridized carbons (Fsp3) is 0.375. The third-order valence-corrected chi connectivity index (χ3v) is 3.83. The highest BCUT2D eigenvalue weighted by molar-refractivity contribution is 5.70. The summed E-state index contributed by atoms with van der Waals surface area (Å²) >= 11 is 0. The predicted octanol–water partition coefficient (Wildman–Crippen LogP) is 2.64. The molecule has 110 valence electrons. The molecule has 3 rings (SSSR count). The summed E-state index contributed by atoms with van der Waals surface area (Å²) < 4.78 is 5.77. The van der Waals surface area contributed by atoms with Gasteiger partial charge in [-0.05, 0) is 19.4 Å². The lowest BCUT2D eigenvalue weighted by Gasteiger charge is -2.29. The summed E-state index contributed by atoms with van der Waals surface area (Å²) in [7, 11) is 0. The van der Waals surface area contributed by atoms with Crippen molar-refractivity contribution in [1.82, 2.24) is 9.88 Å². The van der Waals surface area contributed by atoms with Crippen molar-refractivity contribution >= 4 is 5.97 Å². The molecule has 2 heterocycles. The molecule has 5 nitrogen and oxygen atoms in total. The van der Waals surface area contributed by atoms with E-state index in [1.807, 2.05) is 30.3 Å². The second kappa shape index (κ2) is 6.10. The third kappa shape index (κ3) is 3.31. The standard InChI is InChI=1S/C16H18N2O3/c19-16(20)13-7-4-8-18(10-13)11-15-17-9-14(21-15)12-5-2-1-3-6-12/h1-3,5-6,9,13H,4,7-8,10-11H2,(H,19,20). The van der Waals surface area contributed by atoms with E-state index in [9.17, 15) is 4.79 Å². The Morgan fingerprint density at radius 3 is 2.95 bits per heavy atom. The van der Waals surface area contributed by atoms with Crippen molar-refractivity contribution in [3.8, 4) is 11.3 Å². The SMILES string of the molecule is O=C(O)C1CCCN(Cc2ncc(-c3ccccc3)o2)C1. The Balaban J connectivity index is 1.66. The number of benzene rings is 1. The Bertz CT molecular complexity index is 609. The lowest BCUT2D eigenvalue weighted by molar-refractivity contribution is -0.143. The maximum Gasteiger partial charge on any atom is 0.307 e. The van der Waals surface area contributed by atoms with E-state index in [1.165, 1.54) is 0 Å². The van der Waals surface area contributed by atoms with E-state index >= 15 is 0 Å². The monoisotopic (exact) mass is 286 g/mol. The molecule has 21 heavy (non-hydrogen) atoms. The molecule has 0 amide bonds. The van der Waals surface area contributed by atoms with Crippen LogP contribution in [0.2, 0.25) is 0 Å². The molecule has 1 aliphatic heterocycles. The summed E-state index contributed by atoms with van der Waals surface area (Å²) in [4.78, 5) is 17.5. The Hall–Kier alpha value is -2.14. The fourth-order valence-electron chi connectivity index (χ4n) is 2.71. The number of aliphatic carboxylic acids is 1. The zero-order chi connectivity index (χ0) is 14.7. The highest BCUT2D eigenvalue weighted by Gasteiger charge is 2.26. The van der Waals surface area contributed by atoms with Gasteiger partial charge in [-0.15, -0.1) is 0 Å². The van der Waals surface area contributed by atoms with Gasteiger partial charge in [0.1, 0.15) is 0 Å². The molecule has 5 heteroatoms. The van der Waals surface area contributed by atoms with Crippen molar-refractivity contribution in [2.45, 2.75) is 19.4 Å². The molecule has 0 bridgehead atoms. The van der Waals surface area contributed by atoms with E-state index in [0.717, 1.165) is 30.7 Å². The Kier molecular flexibility index (Phi) is 4.01. The molecule has 1 unspecified atom stereocenters. The smallest absolute Gasteiger partial charge is 0.307 e. The van der Waals surface area contributed by atoms with Gasteiger partial charge in [0.25, 0.3) is 0 Å². The minimum Gasteiger partial charge on any atom is -0.481 e. The fourth-order valence-corrected chi connectivity index (χ4v) is 2.71. The molecule has 1 saturated heterocycles. The van der Waals surface area contributed by atoms with Crippen molar-refractivity contribution in [2.75, 3.05) is 13.1 Å². The van der Waals surface area contributed by atoms with Crippen LogP contribution < -0.4 is 0 Å². The lowest BCUT2D eigenvalue weighted by Crippen LogP contribution is -2.38. The van der Waals surface area contributed by atoms with Gasteiger partial charge in [0.2, 0.25) is 5.89 Å². The summed E-state index contributed by atoms with van der Waals surface area (Å²) in [6, 6.07) is 9.83.